The normalized spacial score (nSPS) is 12.6. The number of carboxylic acids is 1. The summed E-state index contributed by atoms with van der Waals surface area (Å²) >= 11 is 0. The van der Waals surface area contributed by atoms with Gasteiger partial charge in [0.2, 0.25) is 5.73 Å². The van der Waals surface area contributed by atoms with E-state index in [1.54, 1.807) is 0 Å². The van der Waals surface area contributed by atoms with Crippen LogP contribution >= 0.6 is 0 Å². The summed E-state index contributed by atoms with van der Waals surface area (Å²) in [5, 5.41) is 15.9. The molecular formula is C2H4O5Si. The summed E-state index contributed by atoms with van der Waals surface area (Å²) in [6.45, 7) is 0. The third-order valence-corrected chi connectivity index (χ3v) is 1.18. The topological polar surface area (TPSA) is 94.8 Å². The van der Waals surface area contributed by atoms with Gasteiger partial charge in [-0.25, -0.2) is 4.79 Å². The van der Waals surface area contributed by atoms with Crippen molar-refractivity contribution in [3.63, 3.8) is 0 Å². The Morgan fingerprint density at radius 2 is 2.00 bits per heavy atom. The molecule has 0 bridgehead atoms. The molecule has 0 saturated heterocycles. The summed E-state index contributed by atoms with van der Waals surface area (Å²) in [6, 6.07) is 0. The lowest BCUT2D eigenvalue weighted by Crippen LogP contribution is -2.30. The molecule has 3 N–H and O–H groups in total. The standard InChI is InChI=1S/C2H4O5Si/c3-1(4)2(5)8(6)7/h2,5-6H,(H,3,4). The van der Waals surface area contributed by atoms with Gasteiger partial charge in [0.15, 0.2) is 0 Å². The number of aliphatic hydroxyl groups is 1. The number of carboxylic acid groups (broad SMARTS) is 1. The highest BCUT2D eigenvalue weighted by Gasteiger charge is 2.24. The van der Waals surface area contributed by atoms with Crippen molar-refractivity contribution in [1.29, 1.82) is 0 Å². The Morgan fingerprint density at radius 3 is 2.00 bits per heavy atom. The first-order chi connectivity index (χ1) is 3.55. The maximum absolute atomic E-state index is 9.70. The molecule has 8 heavy (non-hydrogen) atoms. The van der Waals surface area contributed by atoms with E-state index in [0.29, 0.717) is 0 Å². The van der Waals surface area contributed by atoms with Gasteiger partial charge in [0.05, 0.1) is 0 Å². The maximum atomic E-state index is 9.70. The minimum atomic E-state index is -3.31. The smallest absolute Gasteiger partial charge is 0.538 e. The van der Waals surface area contributed by atoms with Crippen LogP contribution in [0.4, 0.5) is 0 Å². The first kappa shape index (κ1) is 7.25. The third kappa shape index (κ3) is 1.80. The predicted octanol–water partition coefficient (Wildman–Crippen LogP) is -2.12. The maximum Gasteiger partial charge on any atom is 0.542 e. The summed E-state index contributed by atoms with van der Waals surface area (Å²) in [5.41, 5.74) is -2.11. The highest BCUT2D eigenvalue weighted by atomic mass is 28.3. The molecular weight excluding hydrogens is 132 g/mol. The van der Waals surface area contributed by atoms with E-state index < -0.39 is 20.6 Å². The highest BCUT2D eigenvalue weighted by Crippen LogP contribution is 1.77. The SMILES string of the molecule is O=C(O)C(O)[Si](=O)O. The van der Waals surface area contributed by atoms with Crippen LogP contribution in [0.25, 0.3) is 0 Å². The number of aliphatic carboxylic acids is 1. The van der Waals surface area contributed by atoms with E-state index in [-0.39, 0.29) is 0 Å². The van der Waals surface area contributed by atoms with Crippen molar-refractivity contribution in [2.45, 2.75) is 5.73 Å². The van der Waals surface area contributed by atoms with Crippen LogP contribution in [0.1, 0.15) is 0 Å². The molecule has 1 atom stereocenters. The fourth-order valence-electron chi connectivity index (χ4n) is 0.106. The molecule has 0 aromatic heterocycles. The molecule has 46 valence electrons. The van der Waals surface area contributed by atoms with E-state index in [1.165, 1.54) is 0 Å². The summed E-state index contributed by atoms with van der Waals surface area (Å²) in [4.78, 5) is 17.5. The van der Waals surface area contributed by atoms with Gasteiger partial charge in [-0.05, 0) is 0 Å². The molecule has 0 radical (unpaired) electrons. The fraction of sp³-hybridized carbons (Fsp3) is 0.500. The molecule has 0 aromatic rings. The second-order valence-electron chi connectivity index (χ2n) is 1.08. The lowest BCUT2D eigenvalue weighted by atomic mass is 10.7. The van der Waals surface area contributed by atoms with E-state index in [2.05, 4.69) is 0 Å². The van der Waals surface area contributed by atoms with Gasteiger partial charge in [-0.15, -0.1) is 0 Å². The Bertz CT molecular complexity index is 106. The molecule has 0 aliphatic heterocycles. The van der Waals surface area contributed by atoms with E-state index >= 15 is 0 Å². The number of carbonyl (C=O) groups is 1. The molecule has 0 heterocycles. The van der Waals surface area contributed by atoms with Gasteiger partial charge in [0.25, 0.3) is 0 Å². The average Bonchev–Trinajstić information content (AvgIpc) is 1.64. The number of rotatable bonds is 2. The summed E-state index contributed by atoms with van der Waals surface area (Å²) in [5.74, 6) is -1.67. The molecule has 0 spiro atoms. The van der Waals surface area contributed by atoms with Crippen molar-refractivity contribution in [2.24, 2.45) is 0 Å². The van der Waals surface area contributed by atoms with Crippen LogP contribution in [-0.4, -0.2) is 35.6 Å². The Kier molecular flexibility index (Phi) is 2.29. The minimum absolute atomic E-state index is 1.67. The van der Waals surface area contributed by atoms with Gasteiger partial charge in [0.1, 0.15) is 0 Å². The van der Waals surface area contributed by atoms with E-state index in [4.69, 9.17) is 15.0 Å². The molecule has 0 amide bonds. The second-order valence-corrected chi connectivity index (χ2v) is 2.30. The van der Waals surface area contributed by atoms with E-state index in [9.17, 15) is 9.26 Å². The predicted molar refractivity (Wildman–Crippen MR) is 22.3 cm³/mol. The van der Waals surface area contributed by atoms with Crippen molar-refractivity contribution in [2.75, 3.05) is 0 Å². The minimum Gasteiger partial charge on any atom is -0.538 e. The second kappa shape index (κ2) is 2.53. The molecule has 0 fully saturated rings. The van der Waals surface area contributed by atoms with Crippen molar-refractivity contribution >= 4 is 14.9 Å². The first-order valence-electron chi connectivity index (χ1n) is 1.69. The van der Waals surface area contributed by atoms with Crippen LogP contribution in [-0.2, 0) is 9.26 Å². The Hall–Kier alpha value is -0.753. The first-order valence-corrected chi connectivity index (χ1v) is 3.12. The molecule has 6 heteroatoms. The number of aliphatic hydroxyl groups excluding tert-OH is 1. The molecule has 1 unspecified atom stereocenters. The zero-order chi connectivity index (χ0) is 6.73. The Morgan fingerprint density at radius 1 is 1.62 bits per heavy atom. The zero-order valence-electron chi connectivity index (χ0n) is 3.74. The number of hydrogen-bond acceptors (Lipinski definition) is 3. The van der Waals surface area contributed by atoms with Crippen molar-refractivity contribution in [3.8, 4) is 0 Å². The van der Waals surface area contributed by atoms with Crippen LogP contribution in [0.3, 0.4) is 0 Å². The largest absolute Gasteiger partial charge is 0.542 e. The van der Waals surface area contributed by atoms with Crippen LogP contribution in [0.2, 0.25) is 0 Å². The quantitative estimate of drug-likeness (QED) is 0.377. The summed E-state index contributed by atoms with van der Waals surface area (Å²) in [7, 11) is -3.31. The average molecular weight is 136 g/mol. The van der Waals surface area contributed by atoms with Gasteiger partial charge < -0.3 is 19.5 Å². The molecule has 0 aromatic carbocycles. The summed E-state index contributed by atoms with van der Waals surface area (Å²) < 4.78 is 9.70. The van der Waals surface area contributed by atoms with Gasteiger partial charge in [-0.2, -0.15) is 0 Å². The molecule has 0 aliphatic rings. The Labute approximate surface area is 46.0 Å². The van der Waals surface area contributed by atoms with Gasteiger partial charge >= 0.3 is 14.9 Å². The molecule has 0 rings (SSSR count). The van der Waals surface area contributed by atoms with Crippen molar-refractivity contribution in [1.82, 2.24) is 0 Å². The van der Waals surface area contributed by atoms with Gasteiger partial charge in [-0.1, -0.05) is 0 Å². The van der Waals surface area contributed by atoms with E-state index in [1.807, 2.05) is 0 Å². The number of hydrogen-bond donors (Lipinski definition) is 3. The lowest BCUT2D eigenvalue weighted by molar-refractivity contribution is -0.143. The monoisotopic (exact) mass is 136 g/mol. The molecule has 0 aliphatic carbocycles. The van der Waals surface area contributed by atoms with Crippen LogP contribution < -0.4 is 0 Å². The Balaban J connectivity index is 3.83. The lowest BCUT2D eigenvalue weighted by Gasteiger charge is -1.92. The van der Waals surface area contributed by atoms with E-state index in [0.717, 1.165) is 0 Å². The van der Waals surface area contributed by atoms with Gasteiger partial charge in [0, 0.05) is 0 Å². The molecule has 5 nitrogen and oxygen atoms in total. The van der Waals surface area contributed by atoms with Gasteiger partial charge in [-0.3, -0.25) is 0 Å². The fourth-order valence-corrected chi connectivity index (χ4v) is 0.317. The zero-order valence-corrected chi connectivity index (χ0v) is 4.74. The van der Waals surface area contributed by atoms with Crippen LogP contribution in [0, 0.1) is 0 Å². The van der Waals surface area contributed by atoms with Crippen molar-refractivity contribution < 1.29 is 24.3 Å². The van der Waals surface area contributed by atoms with Crippen molar-refractivity contribution in [3.05, 3.63) is 0 Å². The van der Waals surface area contributed by atoms with Crippen LogP contribution in [0.15, 0.2) is 0 Å². The molecule has 0 saturated carbocycles. The highest BCUT2D eigenvalue weighted by molar-refractivity contribution is 6.40. The van der Waals surface area contributed by atoms with Crippen LogP contribution in [0.5, 0.6) is 0 Å². The summed E-state index contributed by atoms with van der Waals surface area (Å²) in [6.07, 6.45) is 0. The third-order valence-electron chi connectivity index (χ3n) is 0.468.